The van der Waals surface area contributed by atoms with Crippen LogP contribution in [0, 0.1) is 0 Å². The highest BCUT2D eigenvalue weighted by atomic mass is 31.1. The van der Waals surface area contributed by atoms with Crippen LogP contribution in [-0.4, -0.2) is 38.5 Å². The molecule has 0 radical (unpaired) electrons. The second-order valence-corrected chi connectivity index (χ2v) is 8.49. The number of rotatable bonds is 4. The summed E-state index contributed by atoms with van der Waals surface area (Å²) in [6.45, 7) is 5.01. The van der Waals surface area contributed by atoms with Crippen LogP contribution in [0.15, 0.2) is 48.5 Å². The Bertz CT molecular complexity index is 721. The summed E-state index contributed by atoms with van der Waals surface area (Å²) in [5, 5.41) is 3.50. The number of ether oxygens (including phenoxy) is 4. The van der Waals surface area contributed by atoms with E-state index in [1.165, 1.54) is 5.29 Å². The van der Waals surface area contributed by atoms with E-state index in [1.807, 2.05) is 50.2 Å². The van der Waals surface area contributed by atoms with Crippen LogP contribution in [0.25, 0.3) is 0 Å². The van der Waals surface area contributed by atoms with Crippen molar-refractivity contribution in [3.63, 3.8) is 0 Å². The van der Waals surface area contributed by atoms with Gasteiger partial charge < -0.3 is 18.9 Å². The highest BCUT2D eigenvalue weighted by molar-refractivity contribution is 7.74. The third-order valence-corrected chi connectivity index (χ3v) is 6.73. The van der Waals surface area contributed by atoms with Gasteiger partial charge in [-0.15, -0.1) is 0 Å². The van der Waals surface area contributed by atoms with Gasteiger partial charge in [0.2, 0.25) is 0 Å². The van der Waals surface area contributed by atoms with Crippen molar-refractivity contribution in [2.45, 2.75) is 19.6 Å². The molecule has 0 bridgehead atoms. The van der Waals surface area contributed by atoms with Crippen molar-refractivity contribution in [3.05, 3.63) is 48.5 Å². The molecule has 0 amide bonds. The Kier molecular flexibility index (Phi) is 5.43. The lowest BCUT2D eigenvalue weighted by atomic mass is 10.3. The number of para-hydroxylation sites is 2. The smallest absolute Gasteiger partial charge is 0.196 e. The van der Waals surface area contributed by atoms with Crippen LogP contribution >= 0.6 is 7.55 Å². The van der Waals surface area contributed by atoms with Gasteiger partial charge in [0, 0.05) is 0 Å². The van der Waals surface area contributed by atoms with E-state index in [2.05, 4.69) is 12.1 Å². The third kappa shape index (κ3) is 3.87. The molecule has 5 heteroatoms. The lowest BCUT2D eigenvalue weighted by Crippen LogP contribution is -2.40. The molecule has 25 heavy (non-hydrogen) atoms. The van der Waals surface area contributed by atoms with E-state index in [4.69, 9.17) is 18.9 Å². The van der Waals surface area contributed by atoms with Gasteiger partial charge in [-0.05, 0) is 38.1 Å². The Labute approximate surface area is 150 Å². The SMILES string of the molecule is COc1ccccc1[P+](=C1COC(C)(C)OC1)c1ccccc1OC. The number of benzene rings is 2. The van der Waals surface area contributed by atoms with E-state index in [-0.39, 0.29) is 0 Å². The number of methoxy groups -OCH3 is 2. The fourth-order valence-electron chi connectivity index (χ4n) is 2.83. The molecule has 132 valence electrons. The molecule has 0 spiro atoms. The summed E-state index contributed by atoms with van der Waals surface area (Å²) < 4.78 is 23.1. The van der Waals surface area contributed by atoms with E-state index < -0.39 is 13.3 Å². The average molecular weight is 359 g/mol. The molecule has 0 aliphatic carbocycles. The molecular formula is C20H24O4P+. The Hall–Kier alpha value is -1.87. The predicted molar refractivity (Wildman–Crippen MR) is 103 cm³/mol. The molecule has 0 atom stereocenters. The second-order valence-electron chi connectivity index (χ2n) is 6.22. The second kappa shape index (κ2) is 7.57. The summed E-state index contributed by atoms with van der Waals surface area (Å²) >= 11 is 0. The fraction of sp³-hybridized carbons (Fsp3) is 0.350. The van der Waals surface area contributed by atoms with Crippen molar-refractivity contribution in [3.8, 4) is 11.5 Å². The van der Waals surface area contributed by atoms with Gasteiger partial charge in [-0.1, -0.05) is 24.3 Å². The van der Waals surface area contributed by atoms with Crippen molar-refractivity contribution in [2.24, 2.45) is 0 Å². The van der Waals surface area contributed by atoms with Crippen molar-refractivity contribution < 1.29 is 18.9 Å². The summed E-state index contributed by atoms with van der Waals surface area (Å²) in [6.07, 6.45) is 0. The molecular weight excluding hydrogens is 335 g/mol. The first-order valence-electron chi connectivity index (χ1n) is 8.24. The molecule has 3 rings (SSSR count). The minimum Gasteiger partial charge on any atom is -0.492 e. The van der Waals surface area contributed by atoms with Crippen molar-refractivity contribution >= 4 is 23.4 Å². The topological polar surface area (TPSA) is 36.9 Å². The maximum absolute atomic E-state index is 5.92. The highest BCUT2D eigenvalue weighted by Gasteiger charge is 2.36. The lowest BCUT2D eigenvalue weighted by molar-refractivity contribution is -0.209. The zero-order valence-corrected chi connectivity index (χ0v) is 16.0. The molecule has 2 aromatic rings. The highest BCUT2D eigenvalue weighted by Crippen LogP contribution is 2.35. The van der Waals surface area contributed by atoms with Gasteiger partial charge in [-0.25, -0.2) is 0 Å². The minimum absolute atomic E-state index is 0.550. The third-order valence-electron chi connectivity index (χ3n) is 4.14. The first-order chi connectivity index (χ1) is 12.1. The van der Waals surface area contributed by atoms with Gasteiger partial charge in [-0.3, -0.25) is 0 Å². The average Bonchev–Trinajstić information content (AvgIpc) is 2.64. The van der Waals surface area contributed by atoms with Crippen molar-refractivity contribution in [1.82, 2.24) is 0 Å². The van der Waals surface area contributed by atoms with Crippen LogP contribution in [0.4, 0.5) is 0 Å². The van der Waals surface area contributed by atoms with Crippen LogP contribution < -0.4 is 20.1 Å². The van der Waals surface area contributed by atoms with Crippen molar-refractivity contribution in [2.75, 3.05) is 27.4 Å². The number of hydrogen-bond donors (Lipinski definition) is 0. The first kappa shape index (κ1) is 17.9. The molecule has 0 saturated carbocycles. The van der Waals surface area contributed by atoms with Gasteiger partial charge in [0.05, 0.1) is 14.2 Å². The quantitative estimate of drug-likeness (QED) is 0.786. The van der Waals surface area contributed by atoms with Crippen LogP contribution in [0.1, 0.15) is 13.8 Å². The molecule has 0 unspecified atom stereocenters. The molecule has 0 aromatic heterocycles. The van der Waals surface area contributed by atoms with E-state index in [0.29, 0.717) is 13.2 Å². The molecule has 2 aromatic carbocycles. The van der Waals surface area contributed by atoms with Gasteiger partial charge in [0.15, 0.2) is 40.7 Å². The van der Waals surface area contributed by atoms with Gasteiger partial charge in [0.25, 0.3) is 0 Å². The molecule has 0 N–H and O–H groups in total. The van der Waals surface area contributed by atoms with Gasteiger partial charge in [-0.2, -0.15) is 0 Å². The minimum atomic E-state index is -0.847. The monoisotopic (exact) mass is 359 g/mol. The zero-order chi connectivity index (χ0) is 17.9. The lowest BCUT2D eigenvalue weighted by Gasteiger charge is -2.30. The molecule has 1 heterocycles. The van der Waals surface area contributed by atoms with Crippen LogP contribution in [-0.2, 0) is 9.47 Å². The maximum Gasteiger partial charge on any atom is 0.196 e. The Morgan fingerprint density at radius 3 is 1.68 bits per heavy atom. The fourth-order valence-corrected chi connectivity index (χ4v) is 5.40. The molecule has 1 saturated heterocycles. The molecule has 1 aliphatic heterocycles. The summed E-state index contributed by atoms with van der Waals surface area (Å²) in [4.78, 5) is 0. The van der Waals surface area contributed by atoms with E-state index in [9.17, 15) is 0 Å². The van der Waals surface area contributed by atoms with Crippen LogP contribution in [0.3, 0.4) is 0 Å². The zero-order valence-electron chi connectivity index (χ0n) is 15.1. The number of hydrogen-bond acceptors (Lipinski definition) is 4. The maximum atomic E-state index is 5.92. The normalized spacial score (nSPS) is 16.4. The Balaban J connectivity index is 2.19. The summed E-state index contributed by atoms with van der Waals surface area (Å²) in [6, 6.07) is 16.3. The van der Waals surface area contributed by atoms with Gasteiger partial charge >= 0.3 is 0 Å². The first-order valence-corrected chi connectivity index (χ1v) is 9.58. The summed E-state index contributed by atoms with van der Waals surface area (Å²) in [5.41, 5.74) is 0. The van der Waals surface area contributed by atoms with E-state index in [0.717, 1.165) is 22.1 Å². The summed E-state index contributed by atoms with van der Waals surface area (Å²) in [7, 11) is 2.56. The van der Waals surface area contributed by atoms with E-state index >= 15 is 0 Å². The van der Waals surface area contributed by atoms with E-state index in [1.54, 1.807) is 14.2 Å². The molecule has 1 aliphatic rings. The summed E-state index contributed by atoms with van der Waals surface area (Å²) in [5.74, 6) is 1.19. The predicted octanol–water partition coefficient (Wildman–Crippen LogP) is 3.09. The molecule has 4 nitrogen and oxygen atoms in total. The standard InChI is InChI=1S/C20H24O4P/c1-20(2)23-13-15(14-24-20)25(18-11-7-5-9-16(18)21-3)19-12-8-6-10-17(19)22-4/h5-12H,13-14H2,1-4H3/q+1. The largest absolute Gasteiger partial charge is 0.492 e. The molecule has 1 fully saturated rings. The van der Waals surface area contributed by atoms with Crippen LogP contribution in [0.2, 0.25) is 0 Å². The van der Waals surface area contributed by atoms with Crippen molar-refractivity contribution in [1.29, 1.82) is 0 Å². The van der Waals surface area contributed by atoms with Crippen LogP contribution in [0.5, 0.6) is 11.5 Å². The Morgan fingerprint density at radius 2 is 1.24 bits per heavy atom. The Morgan fingerprint density at radius 1 is 0.800 bits per heavy atom. The van der Waals surface area contributed by atoms with Gasteiger partial charge in [0.1, 0.15) is 13.2 Å².